The van der Waals surface area contributed by atoms with Gasteiger partial charge in [-0.2, -0.15) is 0 Å². The van der Waals surface area contributed by atoms with Crippen LogP contribution in [0.3, 0.4) is 0 Å². The van der Waals surface area contributed by atoms with Crippen LogP contribution in [0.15, 0.2) is 170 Å². The molecule has 11 rings (SSSR count). The Hall–Kier alpha value is -6.91. The molecule has 0 saturated carbocycles. The van der Waals surface area contributed by atoms with Crippen molar-refractivity contribution in [3.63, 3.8) is 0 Å². The number of para-hydroxylation sites is 2. The Morgan fingerprint density at radius 1 is 0.333 bits per heavy atom. The zero-order valence-corrected chi connectivity index (χ0v) is 27.5. The van der Waals surface area contributed by atoms with Gasteiger partial charge in [-0.25, -0.2) is 15.0 Å². The molecule has 8 aromatic carbocycles. The fourth-order valence-corrected chi connectivity index (χ4v) is 8.11. The molecule has 0 radical (unpaired) electrons. The molecule has 0 N–H and O–H groups in total. The van der Waals surface area contributed by atoms with E-state index in [0.717, 1.165) is 38.8 Å². The van der Waals surface area contributed by atoms with Gasteiger partial charge in [0.1, 0.15) is 0 Å². The van der Waals surface area contributed by atoms with Crippen LogP contribution in [0.1, 0.15) is 0 Å². The molecule has 0 saturated heterocycles. The van der Waals surface area contributed by atoms with E-state index in [9.17, 15) is 0 Å². The van der Waals surface area contributed by atoms with Gasteiger partial charge >= 0.3 is 0 Å². The lowest BCUT2D eigenvalue weighted by atomic mass is 9.98. The lowest BCUT2D eigenvalue weighted by molar-refractivity contribution is 1.07. The van der Waals surface area contributed by atoms with E-state index in [1.54, 1.807) is 0 Å². The molecule has 10 aromatic rings. The number of hydrogen-bond acceptors (Lipinski definition) is 3. The third-order valence-corrected chi connectivity index (χ3v) is 10.4. The maximum Gasteiger partial charge on any atom is 0.166 e. The number of hydrogen-bond donors (Lipinski definition) is 0. The molecule has 4 heteroatoms. The summed E-state index contributed by atoms with van der Waals surface area (Å²) in [6.45, 7) is 0. The molecule has 2 aromatic heterocycles. The molecule has 0 atom stereocenters. The number of benzene rings is 8. The maximum absolute atomic E-state index is 5.32. The molecular formula is C47H28N4. The summed E-state index contributed by atoms with van der Waals surface area (Å²) >= 11 is 0. The van der Waals surface area contributed by atoms with Crippen molar-refractivity contribution < 1.29 is 0 Å². The Balaban J connectivity index is 1.18. The summed E-state index contributed by atoms with van der Waals surface area (Å²) in [7, 11) is 0. The predicted molar refractivity (Wildman–Crippen MR) is 210 cm³/mol. The van der Waals surface area contributed by atoms with Crippen molar-refractivity contribution in [1.82, 2.24) is 19.5 Å². The number of rotatable bonds is 4. The summed E-state index contributed by atoms with van der Waals surface area (Å²) in [5, 5.41) is 7.24. The van der Waals surface area contributed by atoms with E-state index >= 15 is 0 Å². The Kier molecular flexibility index (Phi) is 5.92. The molecular weight excluding hydrogens is 621 g/mol. The van der Waals surface area contributed by atoms with Crippen LogP contribution in [0.2, 0.25) is 0 Å². The van der Waals surface area contributed by atoms with Gasteiger partial charge < -0.3 is 4.57 Å². The first-order valence-corrected chi connectivity index (χ1v) is 17.3. The van der Waals surface area contributed by atoms with E-state index < -0.39 is 0 Å². The maximum atomic E-state index is 5.32. The van der Waals surface area contributed by atoms with Gasteiger partial charge in [-0.05, 0) is 80.2 Å². The van der Waals surface area contributed by atoms with Crippen LogP contribution in [0.4, 0.5) is 0 Å². The summed E-state index contributed by atoms with van der Waals surface area (Å²) in [6.07, 6.45) is 0. The van der Waals surface area contributed by atoms with Crippen LogP contribution in [0.25, 0.3) is 105 Å². The first kappa shape index (κ1) is 28.0. The largest absolute Gasteiger partial charge is 0.308 e. The summed E-state index contributed by atoms with van der Waals surface area (Å²) in [5.74, 6) is 1.93. The fourth-order valence-electron chi connectivity index (χ4n) is 8.11. The van der Waals surface area contributed by atoms with Crippen molar-refractivity contribution in [1.29, 1.82) is 0 Å². The molecule has 1 aliphatic rings. The van der Waals surface area contributed by atoms with E-state index in [0.29, 0.717) is 17.5 Å². The van der Waals surface area contributed by atoms with E-state index in [4.69, 9.17) is 15.0 Å². The monoisotopic (exact) mass is 648 g/mol. The van der Waals surface area contributed by atoms with Crippen LogP contribution >= 0.6 is 0 Å². The number of fused-ring (bicyclic) bond motifs is 7. The van der Waals surface area contributed by atoms with Crippen molar-refractivity contribution in [2.24, 2.45) is 0 Å². The highest BCUT2D eigenvalue weighted by Crippen LogP contribution is 2.49. The lowest BCUT2D eigenvalue weighted by Crippen LogP contribution is -2.03. The van der Waals surface area contributed by atoms with E-state index in [1.807, 2.05) is 18.2 Å². The second-order valence-corrected chi connectivity index (χ2v) is 13.2. The topological polar surface area (TPSA) is 43.6 Å². The van der Waals surface area contributed by atoms with Gasteiger partial charge in [0.25, 0.3) is 0 Å². The number of aromatic nitrogens is 4. The predicted octanol–water partition coefficient (Wildman–Crippen LogP) is 11.9. The lowest BCUT2D eigenvalue weighted by Gasteiger charge is -2.15. The molecule has 0 bridgehead atoms. The van der Waals surface area contributed by atoms with Gasteiger partial charge in [0, 0.05) is 27.5 Å². The molecule has 0 spiro atoms. The highest BCUT2D eigenvalue weighted by Gasteiger charge is 2.24. The van der Waals surface area contributed by atoms with Crippen molar-refractivity contribution in [3.05, 3.63) is 170 Å². The summed E-state index contributed by atoms with van der Waals surface area (Å²) in [4.78, 5) is 15.7. The van der Waals surface area contributed by atoms with Gasteiger partial charge in [-0.15, -0.1) is 0 Å². The molecule has 2 heterocycles. The Labute approximate surface area is 294 Å². The fraction of sp³-hybridized carbons (Fsp3) is 0. The molecule has 51 heavy (non-hydrogen) atoms. The molecule has 0 amide bonds. The van der Waals surface area contributed by atoms with Crippen LogP contribution < -0.4 is 0 Å². The van der Waals surface area contributed by atoms with Gasteiger partial charge in [0.15, 0.2) is 17.5 Å². The third-order valence-electron chi connectivity index (χ3n) is 10.4. The van der Waals surface area contributed by atoms with Crippen LogP contribution in [-0.2, 0) is 0 Å². The smallest absolute Gasteiger partial charge is 0.166 e. The highest BCUT2D eigenvalue weighted by atomic mass is 15.1. The molecule has 4 nitrogen and oxygen atoms in total. The van der Waals surface area contributed by atoms with E-state index in [2.05, 4.69) is 156 Å². The van der Waals surface area contributed by atoms with Gasteiger partial charge in [-0.1, -0.05) is 133 Å². The quantitative estimate of drug-likeness (QED) is 0.191. The minimum Gasteiger partial charge on any atom is -0.308 e. The SMILES string of the molecule is c1ccc(-c2nc(-c3ccccc3-n3c4ccccc4c4cc5ccccc5cc43)nc(-c3ccc4c5c(cccc35)-c3ccccc3-4)n2)cc1. The van der Waals surface area contributed by atoms with Gasteiger partial charge in [0.2, 0.25) is 0 Å². The minimum atomic E-state index is 0.632. The molecule has 0 aliphatic heterocycles. The Morgan fingerprint density at radius 2 is 0.902 bits per heavy atom. The average Bonchev–Trinajstić information content (AvgIpc) is 3.70. The van der Waals surface area contributed by atoms with E-state index in [1.165, 1.54) is 49.2 Å². The van der Waals surface area contributed by atoms with E-state index in [-0.39, 0.29) is 0 Å². The summed E-state index contributed by atoms with van der Waals surface area (Å²) in [5.41, 5.74) is 11.2. The summed E-state index contributed by atoms with van der Waals surface area (Å²) in [6, 6.07) is 60.2. The van der Waals surface area contributed by atoms with Crippen molar-refractivity contribution in [2.75, 3.05) is 0 Å². The zero-order chi connectivity index (χ0) is 33.5. The summed E-state index contributed by atoms with van der Waals surface area (Å²) < 4.78 is 2.37. The molecule has 0 unspecified atom stereocenters. The third kappa shape index (κ3) is 4.17. The number of nitrogens with zero attached hydrogens (tertiary/aromatic N) is 4. The van der Waals surface area contributed by atoms with Gasteiger partial charge in [0.05, 0.1) is 16.7 Å². The first-order valence-electron chi connectivity index (χ1n) is 17.3. The molecule has 1 aliphatic carbocycles. The Morgan fingerprint density at radius 3 is 1.73 bits per heavy atom. The normalized spacial score (nSPS) is 11.9. The standard InChI is InChI=1S/C47H28N4/c1-2-13-29(14-3-1)45-48-46(38-26-25-37-33-18-7-6-17-32(33)35-21-12-22-36(38)44(35)37)50-47(49-45)39-20-9-11-24-42(39)51-41-23-10-8-19-34(41)40-27-30-15-4-5-16-31(30)28-43(40)51/h1-28H. The van der Waals surface area contributed by atoms with Gasteiger partial charge in [-0.3, -0.25) is 0 Å². The Bertz CT molecular complexity index is 3000. The minimum absolute atomic E-state index is 0.632. The van der Waals surface area contributed by atoms with Crippen LogP contribution in [0, 0.1) is 0 Å². The molecule has 0 fully saturated rings. The highest BCUT2D eigenvalue weighted by molar-refractivity contribution is 6.18. The second-order valence-electron chi connectivity index (χ2n) is 13.2. The average molecular weight is 649 g/mol. The van der Waals surface area contributed by atoms with Crippen molar-refractivity contribution in [2.45, 2.75) is 0 Å². The molecule has 236 valence electrons. The van der Waals surface area contributed by atoms with Crippen LogP contribution in [-0.4, -0.2) is 19.5 Å². The van der Waals surface area contributed by atoms with Crippen molar-refractivity contribution in [3.8, 4) is 62.1 Å². The van der Waals surface area contributed by atoms with Crippen molar-refractivity contribution >= 4 is 43.4 Å². The van der Waals surface area contributed by atoms with Crippen LogP contribution in [0.5, 0.6) is 0 Å². The zero-order valence-electron chi connectivity index (χ0n) is 27.5. The first-order chi connectivity index (χ1) is 25.3. The second kappa shape index (κ2) is 10.8.